The first-order valence-electron chi connectivity index (χ1n) is 14.5. The minimum absolute atomic E-state index is 0.341. The third-order valence-corrected chi connectivity index (χ3v) is 6.70. The lowest BCUT2D eigenvalue weighted by atomic mass is 9.85. The molecular weight excluding hydrogens is 412 g/mol. The number of unbranched alkanes of at least 4 members (excludes halogenated alkanes) is 16. The Bertz CT molecular complexity index is 379. The number of hydrogen-bond acceptors (Lipinski definition) is 3. The fourth-order valence-electron chi connectivity index (χ4n) is 4.20. The molecule has 200 valence electrons. The smallest absolute Gasteiger partial charge is 0.303 e. The maximum Gasteiger partial charge on any atom is 0.303 e. The Kier molecular flexibility index (Phi) is 27.2. The van der Waals surface area contributed by atoms with Crippen LogP contribution in [0.2, 0.25) is 0 Å². The lowest BCUT2D eigenvalue weighted by Gasteiger charge is -2.31. The van der Waals surface area contributed by atoms with Crippen LogP contribution in [0.1, 0.15) is 169 Å². The Hall–Kier alpha value is -0.610. The molecule has 1 atom stereocenters. The molecule has 0 aliphatic rings. The van der Waals surface area contributed by atoms with E-state index in [2.05, 4.69) is 20.8 Å². The van der Waals surface area contributed by atoms with Crippen molar-refractivity contribution in [2.75, 3.05) is 0 Å². The monoisotopic (exact) mass is 472 g/mol. The Morgan fingerprint density at radius 1 is 0.606 bits per heavy atom. The molecule has 0 fully saturated rings. The number of carboxylic acids is 1. The quantitative estimate of drug-likeness (QED) is 0.130. The summed E-state index contributed by atoms with van der Waals surface area (Å²) in [4.78, 5) is 10.1. The van der Waals surface area contributed by atoms with Gasteiger partial charge in [0.2, 0.25) is 0 Å². The molecule has 33 heavy (non-hydrogen) atoms. The van der Waals surface area contributed by atoms with Gasteiger partial charge < -0.3 is 15.3 Å². The molecule has 0 aliphatic heterocycles. The second-order valence-electron chi connectivity index (χ2n) is 10.1. The molecule has 4 nitrogen and oxygen atoms in total. The van der Waals surface area contributed by atoms with Gasteiger partial charge in [0.25, 0.3) is 0 Å². The normalized spacial score (nSPS) is 12.3. The average molecular weight is 473 g/mol. The molecule has 3 N–H and O–H groups in total. The molecule has 0 saturated carbocycles. The largest absolute Gasteiger partial charge is 0.481 e. The summed E-state index contributed by atoms with van der Waals surface area (Å²) >= 11 is 0. The number of carboxylic acid groups (broad SMARTS) is 1. The van der Waals surface area contributed by atoms with Crippen LogP contribution in [0.3, 0.4) is 0 Å². The van der Waals surface area contributed by atoms with Crippen LogP contribution >= 0.6 is 0 Å². The molecule has 0 aliphatic carbocycles. The number of aliphatic carboxylic acids is 1. The van der Waals surface area contributed by atoms with Crippen molar-refractivity contribution in [3.05, 3.63) is 0 Å². The predicted molar refractivity (Wildman–Crippen MR) is 143 cm³/mol. The van der Waals surface area contributed by atoms with Crippen LogP contribution in [-0.2, 0) is 4.79 Å². The third-order valence-electron chi connectivity index (χ3n) is 6.70. The van der Waals surface area contributed by atoms with Crippen LogP contribution in [0.4, 0.5) is 0 Å². The van der Waals surface area contributed by atoms with E-state index in [0.717, 1.165) is 38.5 Å². The summed E-state index contributed by atoms with van der Waals surface area (Å²) < 4.78 is 0. The highest BCUT2D eigenvalue weighted by molar-refractivity contribution is 5.66. The highest BCUT2D eigenvalue weighted by Gasteiger charge is 2.31. The first-order chi connectivity index (χ1) is 15.8. The Morgan fingerprint density at radius 2 is 0.909 bits per heavy atom. The molecule has 0 aromatic heterocycles. The maximum absolute atomic E-state index is 10.6. The Morgan fingerprint density at radius 3 is 1.21 bits per heavy atom. The van der Waals surface area contributed by atoms with Crippen LogP contribution in [0.5, 0.6) is 0 Å². The molecule has 0 amide bonds. The molecular formula is C29H60O4. The van der Waals surface area contributed by atoms with E-state index in [9.17, 15) is 15.0 Å². The molecule has 0 bridgehead atoms. The van der Waals surface area contributed by atoms with Crippen LogP contribution in [0.25, 0.3) is 0 Å². The number of rotatable bonds is 23. The topological polar surface area (TPSA) is 77.8 Å². The molecule has 0 radical (unpaired) electrons. The molecule has 0 rings (SSSR count). The summed E-state index contributed by atoms with van der Waals surface area (Å²) in [6, 6.07) is 0. The van der Waals surface area contributed by atoms with E-state index < -0.39 is 17.7 Å². The van der Waals surface area contributed by atoms with Gasteiger partial charge in [-0.15, -0.1) is 0 Å². The van der Waals surface area contributed by atoms with E-state index in [1.165, 1.54) is 96.3 Å². The first kappa shape index (κ1) is 34.6. The van der Waals surface area contributed by atoms with Gasteiger partial charge in [0.05, 0.1) is 11.7 Å². The lowest BCUT2D eigenvalue weighted by molar-refractivity contribution is -0.137. The van der Waals surface area contributed by atoms with E-state index in [4.69, 9.17) is 5.11 Å². The van der Waals surface area contributed by atoms with Crippen molar-refractivity contribution in [1.29, 1.82) is 0 Å². The van der Waals surface area contributed by atoms with E-state index in [-0.39, 0.29) is 0 Å². The van der Waals surface area contributed by atoms with Crippen molar-refractivity contribution < 1.29 is 20.1 Å². The van der Waals surface area contributed by atoms with Gasteiger partial charge in [0.15, 0.2) is 0 Å². The standard InChI is InChI=1S/C19H40O2.C10H20O2/c1-4-6-8-10-12-14-16-19(21,18(3)20)17-15-13-11-9-7-5-2;1-2-3-4-5-6-7-8-9-10(11)12/h18,20-21H,4-17H2,1-3H3;2-9H2,1H3,(H,11,12). The molecule has 0 saturated heterocycles. The molecule has 0 spiro atoms. The summed E-state index contributed by atoms with van der Waals surface area (Å²) in [5, 5.41) is 28.9. The number of carbonyl (C=O) groups is 1. The molecule has 0 aromatic rings. The predicted octanol–water partition coefficient (Wildman–Crippen LogP) is 8.81. The van der Waals surface area contributed by atoms with Gasteiger partial charge in [-0.05, 0) is 26.2 Å². The van der Waals surface area contributed by atoms with Crippen molar-refractivity contribution in [3.8, 4) is 0 Å². The van der Waals surface area contributed by atoms with E-state index in [0.29, 0.717) is 6.42 Å². The van der Waals surface area contributed by atoms with Crippen LogP contribution in [0.15, 0.2) is 0 Å². The van der Waals surface area contributed by atoms with Crippen molar-refractivity contribution in [2.24, 2.45) is 0 Å². The second kappa shape index (κ2) is 26.0. The van der Waals surface area contributed by atoms with Crippen molar-refractivity contribution >= 4 is 5.97 Å². The van der Waals surface area contributed by atoms with Gasteiger partial charge in [-0.1, -0.05) is 136 Å². The maximum atomic E-state index is 10.6. The van der Waals surface area contributed by atoms with Crippen LogP contribution < -0.4 is 0 Å². The Balaban J connectivity index is 0. The zero-order chi connectivity index (χ0) is 25.2. The van der Waals surface area contributed by atoms with Crippen molar-refractivity contribution in [1.82, 2.24) is 0 Å². The number of aliphatic hydroxyl groups is 2. The summed E-state index contributed by atoms with van der Waals surface area (Å²) in [6.07, 6.45) is 24.3. The minimum atomic E-state index is -0.852. The van der Waals surface area contributed by atoms with Gasteiger partial charge in [-0.25, -0.2) is 0 Å². The Labute approximate surface area is 207 Å². The van der Waals surface area contributed by atoms with Gasteiger partial charge in [0.1, 0.15) is 0 Å². The van der Waals surface area contributed by atoms with Gasteiger partial charge in [-0.3, -0.25) is 4.79 Å². The molecule has 4 heteroatoms. The zero-order valence-corrected chi connectivity index (χ0v) is 22.9. The molecule has 0 aromatic carbocycles. The van der Waals surface area contributed by atoms with Crippen LogP contribution in [-0.4, -0.2) is 33.0 Å². The number of aliphatic hydroxyl groups excluding tert-OH is 1. The van der Waals surface area contributed by atoms with E-state index in [1.54, 1.807) is 6.92 Å². The van der Waals surface area contributed by atoms with Gasteiger partial charge >= 0.3 is 5.97 Å². The average Bonchev–Trinajstić information content (AvgIpc) is 2.78. The highest BCUT2D eigenvalue weighted by atomic mass is 16.4. The summed E-state index contributed by atoms with van der Waals surface area (Å²) in [7, 11) is 0. The van der Waals surface area contributed by atoms with E-state index >= 15 is 0 Å². The first-order valence-corrected chi connectivity index (χ1v) is 14.5. The lowest BCUT2D eigenvalue weighted by Crippen LogP contribution is -2.40. The highest BCUT2D eigenvalue weighted by Crippen LogP contribution is 2.26. The summed E-state index contributed by atoms with van der Waals surface area (Å²) in [6.45, 7) is 8.40. The van der Waals surface area contributed by atoms with Crippen LogP contribution in [0, 0.1) is 0 Å². The van der Waals surface area contributed by atoms with Gasteiger partial charge in [0, 0.05) is 6.42 Å². The third kappa shape index (κ3) is 25.8. The summed E-state index contributed by atoms with van der Waals surface area (Å²) in [5.74, 6) is -0.663. The zero-order valence-electron chi connectivity index (χ0n) is 22.9. The van der Waals surface area contributed by atoms with Crippen molar-refractivity contribution in [2.45, 2.75) is 181 Å². The van der Waals surface area contributed by atoms with Gasteiger partial charge in [-0.2, -0.15) is 0 Å². The minimum Gasteiger partial charge on any atom is -0.481 e. The fraction of sp³-hybridized carbons (Fsp3) is 0.966. The second-order valence-corrected chi connectivity index (χ2v) is 10.1. The number of hydrogen-bond donors (Lipinski definition) is 3. The SMILES string of the molecule is CCCCCCCCC(O)(CCCCCCCC)C(C)O.CCCCCCCCCC(=O)O. The molecule has 1 unspecified atom stereocenters. The molecule has 0 heterocycles. The van der Waals surface area contributed by atoms with Crippen molar-refractivity contribution in [3.63, 3.8) is 0 Å². The summed E-state index contributed by atoms with van der Waals surface area (Å²) in [5.41, 5.74) is -0.852. The fourth-order valence-corrected chi connectivity index (χ4v) is 4.20. The van der Waals surface area contributed by atoms with E-state index in [1.807, 2.05) is 0 Å².